The molecule has 1 aromatic heterocycles. The maximum absolute atomic E-state index is 11.8. The average Bonchev–Trinajstić information content (AvgIpc) is 2.98. The first kappa shape index (κ1) is 13.5. The van der Waals surface area contributed by atoms with Gasteiger partial charge in [0.15, 0.2) is 5.69 Å². The van der Waals surface area contributed by atoms with Crippen LogP contribution < -0.4 is 5.32 Å². The lowest BCUT2D eigenvalue weighted by molar-refractivity contribution is -0.122. The maximum Gasteiger partial charge on any atom is 0.358 e. The number of carboxylic acid groups (broad SMARTS) is 1. The fourth-order valence-electron chi connectivity index (χ4n) is 2.18. The number of nitrogens with one attached hydrogen (secondary N) is 1. The monoisotopic (exact) mass is 268 g/mol. The molecule has 0 bridgehead atoms. The zero-order chi connectivity index (χ0) is 13.8. The minimum absolute atomic E-state index is 0.0333. The number of carbonyl (C=O) groups excluding carboxylic acids is 1. The quantitative estimate of drug-likeness (QED) is 0.756. The Morgan fingerprint density at radius 2 is 2.37 bits per heavy atom. The van der Waals surface area contributed by atoms with Crippen molar-refractivity contribution in [3.63, 3.8) is 0 Å². The Morgan fingerprint density at radius 3 is 2.95 bits per heavy atom. The second kappa shape index (κ2) is 5.79. The second-order valence-corrected chi connectivity index (χ2v) is 4.54. The van der Waals surface area contributed by atoms with Crippen molar-refractivity contribution in [1.29, 1.82) is 0 Å². The first-order valence-electron chi connectivity index (χ1n) is 6.04. The van der Waals surface area contributed by atoms with Gasteiger partial charge in [-0.3, -0.25) is 4.79 Å². The van der Waals surface area contributed by atoms with Crippen molar-refractivity contribution in [3.8, 4) is 0 Å². The second-order valence-electron chi connectivity index (χ2n) is 4.54. The van der Waals surface area contributed by atoms with Gasteiger partial charge in [-0.1, -0.05) is 5.21 Å². The number of carbonyl (C=O) groups is 2. The summed E-state index contributed by atoms with van der Waals surface area (Å²) >= 11 is 0. The van der Waals surface area contributed by atoms with E-state index in [2.05, 4.69) is 15.6 Å². The normalized spacial score (nSPS) is 22.4. The molecule has 1 aliphatic carbocycles. The molecule has 0 aliphatic heterocycles. The molecule has 1 heterocycles. The van der Waals surface area contributed by atoms with Crippen LogP contribution in [0.5, 0.6) is 0 Å². The molecule has 104 valence electrons. The molecule has 1 aromatic rings. The van der Waals surface area contributed by atoms with Gasteiger partial charge in [-0.2, -0.15) is 0 Å². The molecule has 1 saturated carbocycles. The van der Waals surface area contributed by atoms with Gasteiger partial charge < -0.3 is 15.2 Å². The number of hydrogen-bond acceptors (Lipinski definition) is 5. The van der Waals surface area contributed by atoms with Crippen molar-refractivity contribution in [2.45, 2.75) is 38.0 Å². The number of ether oxygens (including phenoxy) is 1. The first-order valence-corrected chi connectivity index (χ1v) is 6.04. The molecule has 0 aromatic carbocycles. The zero-order valence-electron chi connectivity index (χ0n) is 10.6. The Kier molecular flexibility index (Phi) is 4.10. The molecular formula is C11H16N4O4. The SMILES string of the molecule is COC1CCC(NC(=O)Cn2cc(C(=O)O)nn2)C1. The summed E-state index contributed by atoms with van der Waals surface area (Å²) in [6.45, 7) is -0.0333. The molecule has 19 heavy (non-hydrogen) atoms. The van der Waals surface area contributed by atoms with Crippen molar-refractivity contribution in [3.05, 3.63) is 11.9 Å². The Labute approximate surface area is 109 Å². The maximum atomic E-state index is 11.8. The summed E-state index contributed by atoms with van der Waals surface area (Å²) in [5.74, 6) is -1.37. The van der Waals surface area contributed by atoms with Crippen LogP contribution in [0, 0.1) is 0 Å². The standard InChI is InChI=1S/C11H16N4O4/c1-19-8-3-2-7(4-8)12-10(16)6-15-5-9(11(17)18)13-14-15/h5,7-8H,2-4,6H2,1H3,(H,12,16)(H,17,18). The van der Waals surface area contributed by atoms with Crippen LogP contribution in [-0.2, 0) is 16.1 Å². The van der Waals surface area contributed by atoms with E-state index in [9.17, 15) is 9.59 Å². The van der Waals surface area contributed by atoms with Crippen LogP contribution in [0.3, 0.4) is 0 Å². The lowest BCUT2D eigenvalue weighted by Gasteiger charge is -2.12. The third-order valence-electron chi connectivity index (χ3n) is 3.15. The zero-order valence-corrected chi connectivity index (χ0v) is 10.6. The number of nitrogens with zero attached hydrogens (tertiary/aromatic N) is 3. The molecule has 8 heteroatoms. The molecular weight excluding hydrogens is 252 g/mol. The van der Waals surface area contributed by atoms with Gasteiger partial charge in [-0.15, -0.1) is 5.10 Å². The topological polar surface area (TPSA) is 106 Å². The summed E-state index contributed by atoms with van der Waals surface area (Å²) in [6, 6.07) is 0.111. The van der Waals surface area contributed by atoms with Crippen molar-refractivity contribution < 1.29 is 19.4 Å². The molecule has 1 amide bonds. The van der Waals surface area contributed by atoms with Crippen molar-refractivity contribution >= 4 is 11.9 Å². The molecule has 1 aliphatic rings. The average molecular weight is 268 g/mol. The van der Waals surface area contributed by atoms with E-state index < -0.39 is 5.97 Å². The summed E-state index contributed by atoms with van der Waals surface area (Å²) in [5.41, 5.74) is -0.173. The van der Waals surface area contributed by atoms with Crippen molar-refractivity contribution in [2.75, 3.05) is 7.11 Å². The van der Waals surface area contributed by atoms with Crippen LogP contribution in [0.1, 0.15) is 29.8 Å². The van der Waals surface area contributed by atoms with Crippen LogP contribution in [0.4, 0.5) is 0 Å². The number of methoxy groups -OCH3 is 1. The van der Waals surface area contributed by atoms with Crippen molar-refractivity contribution in [1.82, 2.24) is 20.3 Å². The smallest absolute Gasteiger partial charge is 0.358 e. The minimum atomic E-state index is -1.16. The lowest BCUT2D eigenvalue weighted by Crippen LogP contribution is -2.35. The highest BCUT2D eigenvalue weighted by Gasteiger charge is 2.25. The van der Waals surface area contributed by atoms with E-state index >= 15 is 0 Å². The summed E-state index contributed by atoms with van der Waals surface area (Å²) in [4.78, 5) is 22.4. The van der Waals surface area contributed by atoms with Crippen LogP contribution >= 0.6 is 0 Å². The van der Waals surface area contributed by atoms with Gasteiger partial charge in [0.25, 0.3) is 0 Å². The summed E-state index contributed by atoms with van der Waals surface area (Å²) in [6.07, 6.45) is 4.07. The largest absolute Gasteiger partial charge is 0.476 e. The van der Waals surface area contributed by atoms with Gasteiger partial charge in [-0.25, -0.2) is 9.48 Å². The first-order chi connectivity index (χ1) is 9.08. The summed E-state index contributed by atoms with van der Waals surface area (Å²) in [5, 5.41) is 18.6. The van der Waals surface area contributed by atoms with Gasteiger partial charge in [0, 0.05) is 13.2 Å². The van der Waals surface area contributed by atoms with E-state index in [1.807, 2.05) is 0 Å². The molecule has 2 rings (SSSR count). The van der Waals surface area contributed by atoms with E-state index in [4.69, 9.17) is 9.84 Å². The summed E-state index contributed by atoms with van der Waals surface area (Å²) < 4.78 is 6.44. The van der Waals surface area contributed by atoms with Crippen molar-refractivity contribution in [2.24, 2.45) is 0 Å². The summed E-state index contributed by atoms with van der Waals surface area (Å²) in [7, 11) is 1.66. The molecule has 0 saturated heterocycles. The Morgan fingerprint density at radius 1 is 1.58 bits per heavy atom. The Bertz CT molecular complexity index is 473. The number of amides is 1. The van der Waals surface area contributed by atoms with Crippen LogP contribution in [0.2, 0.25) is 0 Å². The molecule has 2 atom stereocenters. The predicted molar refractivity (Wildman–Crippen MR) is 63.6 cm³/mol. The molecule has 0 spiro atoms. The number of aromatic nitrogens is 3. The van der Waals surface area contributed by atoms with Gasteiger partial charge >= 0.3 is 5.97 Å². The highest BCUT2D eigenvalue weighted by atomic mass is 16.5. The van der Waals surface area contributed by atoms with E-state index in [0.717, 1.165) is 19.3 Å². The minimum Gasteiger partial charge on any atom is -0.476 e. The van der Waals surface area contributed by atoms with Gasteiger partial charge in [0.2, 0.25) is 5.91 Å². The Hall–Kier alpha value is -1.96. The number of rotatable bonds is 5. The molecule has 0 radical (unpaired) electrons. The number of hydrogen-bond donors (Lipinski definition) is 2. The molecule has 2 N–H and O–H groups in total. The van der Waals surface area contributed by atoms with E-state index in [1.54, 1.807) is 7.11 Å². The Balaban J connectivity index is 1.82. The highest BCUT2D eigenvalue weighted by Crippen LogP contribution is 2.21. The third kappa shape index (κ3) is 3.50. The lowest BCUT2D eigenvalue weighted by atomic mass is 10.2. The third-order valence-corrected chi connectivity index (χ3v) is 3.15. The van der Waals surface area contributed by atoms with Gasteiger partial charge in [0.1, 0.15) is 6.54 Å². The van der Waals surface area contributed by atoms with E-state index in [-0.39, 0.29) is 30.3 Å². The fourth-order valence-corrected chi connectivity index (χ4v) is 2.18. The molecule has 2 unspecified atom stereocenters. The number of carboxylic acids is 1. The fraction of sp³-hybridized carbons (Fsp3) is 0.636. The van der Waals surface area contributed by atoms with Gasteiger partial charge in [0.05, 0.1) is 12.3 Å². The predicted octanol–water partition coefficient (Wildman–Crippen LogP) is -0.340. The highest BCUT2D eigenvalue weighted by molar-refractivity contribution is 5.84. The molecule has 8 nitrogen and oxygen atoms in total. The van der Waals surface area contributed by atoms with E-state index in [0.29, 0.717) is 0 Å². The van der Waals surface area contributed by atoms with Crippen LogP contribution in [-0.4, -0.2) is 51.2 Å². The van der Waals surface area contributed by atoms with E-state index in [1.165, 1.54) is 10.9 Å². The van der Waals surface area contributed by atoms with Crippen LogP contribution in [0.15, 0.2) is 6.20 Å². The van der Waals surface area contributed by atoms with Gasteiger partial charge in [-0.05, 0) is 19.3 Å². The molecule has 1 fully saturated rings. The van der Waals surface area contributed by atoms with Crippen LogP contribution in [0.25, 0.3) is 0 Å². The number of aromatic carboxylic acids is 1.